The van der Waals surface area contributed by atoms with Gasteiger partial charge in [-0.2, -0.15) is 0 Å². The lowest BCUT2D eigenvalue weighted by Crippen LogP contribution is -2.34. The van der Waals surface area contributed by atoms with Crippen LogP contribution in [0.25, 0.3) is 16.9 Å². The number of imidazole rings is 1. The second-order valence-corrected chi connectivity index (χ2v) is 7.30. The average molecular weight is 458 g/mol. The molecule has 5 rings (SSSR count). The Morgan fingerprint density at radius 1 is 1.12 bits per heavy atom. The fourth-order valence-corrected chi connectivity index (χ4v) is 3.95. The first kappa shape index (κ1) is 21.7. The van der Waals surface area contributed by atoms with Crippen LogP contribution in [-0.2, 0) is 0 Å². The number of hydrogen-bond acceptors (Lipinski definition) is 7. The van der Waals surface area contributed by atoms with Crippen LogP contribution in [0.5, 0.6) is 11.5 Å². The number of pyridine rings is 1. The Labute approximate surface area is 188 Å². The molecule has 1 aliphatic rings. The SMILES string of the molecule is Cl.Nc1ncnc2c1n(-c1ccc(Oc3ccncc3)c(F)c1)c(=O)n2C1CCNCC1. The molecule has 4 aromatic rings. The van der Waals surface area contributed by atoms with E-state index in [2.05, 4.69) is 20.3 Å². The largest absolute Gasteiger partial charge is 0.454 e. The minimum absolute atomic E-state index is 0. The number of nitrogens with two attached hydrogens (primary N) is 1. The number of rotatable bonds is 4. The quantitative estimate of drug-likeness (QED) is 0.484. The van der Waals surface area contributed by atoms with Crippen molar-refractivity contribution >= 4 is 29.4 Å². The first-order chi connectivity index (χ1) is 15.1. The zero-order chi connectivity index (χ0) is 21.4. The van der Waals surface area contributed by atoms with Gasteiger partial charge in [-0.05, 0) is 50.2 Å². The molecule has 0 unspecified atom stereocenters. The number of nitrogens with zero attached hydrogens (tertiary/aromatic N) is 5. The summed E-state index contributed by atoms with van der Waals surface area (Å²) in [7, 11) is 0. The molecule has 1 aromatic carbocycles. The van der Waals surface area contributed by atoms with Gasteiger partial charge in [0.2, 0.25) is 0 Å². The van der Waals surface area contributed by atoms with Gasteiger partial charge in [0.15, 0.2) is 23.0 Å². The van der Waals surface area contributed by atoms with Crippen LogP contribution in [0.1, 0.15) is 18.9 Å². The number of piperidine rings is 1. The van der Waals surface area contributed by atoms with Crippen LogP contribution in [0.15, 0.2) is 53.8 Å². The zero-order valence-corrected chi connectivity index (χ0v) is 17.8. The predicted molar refractivity (Wildman–Crippen MR) is 120 cm³/mol. The smallest absolute Gasteiger partial charge is 0.335 e. The average Bonchev–Trinajstić information content (AvgIpc) is 3.09. The summed E-state index contributed by atoms with van der Waals surface area (Å²) in [4.78, 5) is 25.7. The number of nitrogen functional groups attached to an aromatic ring is 1. The topological polar surface area (TPSA) is 113 Å². The molecular weight excluding hydrogens is 437 g/mol. The van der Waals surface area contributed by atoms with Crippen molar-refractivity contribution in [2.75, 3.05) is 18.8 Å². The number of aromatic nitrogens is 5. The molecular formula is C21H21ClFN7O2. The van der Waals surface area contributed by atoms with E-state index in [-0.39, 0.29) is 35.7 Å². The number of halogens is 2. The van der Waals surface area contributed by atoms with Crippen LogP contribution in [0.2, 0.25) is 0 Å². The summed E-state index contributed by atoms with van der Waals surface area (Å²) < 4.78 is 23.5. The van der Waals surface area contributed by atoms with Gasteiger partial charge in [0, 0.05) is 24.5 Å². The number of anilines is 1. The lowest BCUT2D eigenvalue weighted by atomic mass is 10.1. The van der Waals surface area contributed by atoms with E-state index in [9.17, 15) is 9.18 Å². The van der Waals surface area contributed by atoms with E-state index < -0.39 is 5.82 Å². The van der Waals surface area contributed by atoms with Gasteiger partial charge in [-0.15, -0.1) is 12.4 Å². The van der Waals surface area contributed by atoms with E-state index in [4.69, 9.17) is 10.5 Å². The Morgan fingerprint density at radius 3 is 2.59 bits per heavy atom. The fraction of sp³-hybridized carbons (Fsp3) is 0.238. The van der Waals surface area contributed by atoms with Crippen LogP contribution < -0.4 is 21.5 Å². The highest BCUT2D eigenvalue weighted by Crippen LogP contribution is 2.29. The Bertz CT molecular complexity index is 1300. The van der Waals surface area contributed by atoms with Gasteiger partial charge in [0.1, 0.15) is 17.6 Å². The molecule has 166 valence electrons. The molecule has 9 nitrogen and oxygen atoms in total. The maximum absolute atomic E-state index is 14.9. The summed E-state index contributed by atoms with van der Waals surface area (Å²) in [6, 6.07) is 7.57. The number of fused-ring (bicyclic) bond motifs is 1. The van der Waals surface area contributed by atoms with E-state index in [0.29, 0.717) is 22.6 Å². The van der Waals surface area contributed by atoms with Crippen molar-refractivity contribution in [3.63, 3.8) is 0 Å². The molecule has 0 bridgehead atoms. The van der Waals surface area contributed by atoms with Crippen molar-refractivity contribution in [3.8, 4) is 17.2 Å². The van der Waals surface area contributed by atoms with E-state index in [1.165, 1.54) is 23.0 Å². The first-order valence-corrected chi connectivity index (χ1v) is 9.95. The standard InChI is InChI=1S/C21H20FN7O2.ClH/c22-16-11-14(1-2-17(16)31-15-5-9-25-10-6-15)28-18-19(23)26-12-27-20(18)29(21(28)30)13-3-7-24-8-4-13;/h1-2,5-6,9-13,24H,3-4,7-8H2,(H2,23,26,27);1H. The maximum atomic E-state index is 14.9. The number of hydrogen-bond donors (Lipinski definition) is 2. The molecule has 0 atom stereocenters. The second kappa shape index (κ2) is 8.93. The molecule has 1 aliphatic heterocycles. The molecule has 1 saturated heterocycles. The minimum Gasteiger partial charge on any atom is -0.454 e. The molecule has 0 aliphatic carbocycles. The zero-order valence-electron chi connectivity index (χ0n) is 16.9. The van der Waals surface area contributed by atoms with Crippen molar-refractivity contribution in [1.29, 1.82) is 0 Å². The van der Waals surface area contributed by atoms with Crippen molar-refractivity contribution in [1.82, 2.24) is 29.4 Å². The lowest BCUT2D eigenvalue weighted by molar-refractivity contribution is 0.366. The van der Waals surface area contributed by atoms with Crippen molar-refractivity contribution < 1.29 is 9.13 Å². The molecule has 3 aromatic heterocycles. The number of nitrogens with one attached hydrogen (secondary N) is 1. The Hall–Kier alpha value is -3.50. The molecule has 0 radical (unpaired) electrons. The van der Waals surface area contributed by atoms with E-state index in [1.807, 2.05) is 0 Å². The van der Waals surface area contributed by atoms with Crippen molar-refractivity contribution in [3.05, 3.63) is 65.4 Å². The normalized spacial score (nSPS) is 14.3. The van der Waals surface area contributed by atoms with E-state index in [1.54, 1.807) is 35.2 Å². The summed E-state index contributed by atoms with van der Waals surface area (Å²) in [5, 5.41) is 3.29. The summed E-state index contributed by atoms with van der Waals surface area (Å²) in [5.74, 6) is 0.0417. The lowest BCUT2D eigenvalue weighted by Gasteiger charge is -2.23. The van der Waals surface area contributed by atoms with E-state index >= 15 is 0 Å². The molecule has 32 heavy (non-hydrogen) atoms. The summed E-state index contributed by atoms with van der Waals surface area (Å²) in [5.41, 5.74) is 6.93. The minimum atomic E-state index is -0.612. The van der Waals surface area contributed by atoms with Gasteiger partial charge in [0.05, 0.1) is 5.69 Å². The van der Waals surface area contributed by atoms with Crippen LogP contribution in [-0.4, -0.2) is 37.2 Å². The van der Waals surface area contributed by atoms with Crippen LogP contribution in [0.4, 0.5) is 10.2 Å². The van der Waals surface area contributed by atoms with Crippen LogP contribution >= 0.6 is 12.4 Å². The molecule has 0 saturated carbocycles. The van der Waals surface area contributed by atoms with Crippen molar-refractivity contribution in [2.45, 2.75) is 18.9 Å². The Morgan fingerprint density at radius 2 is 1.88 bits per heavy atom. The van der Waals surface area contributed by atoms with Gasteiger partial charge in [-0.25, -0.2) is 19.2 Å². The second-order valence-electron chi connectivity index (χ2n) is 7.30. The highest BCUT2D eigenvalue weighted by atomic mass is 35.5. The van der Waals surface area contributed by atoms with Gasteiger partial charge < -0.3 is 15.8 Å². The van der Waals surface area contributed by atoms with Crippen LogP contribution in [0, 0.1) is 5.82 Å². The fourth-order valence-electron chi connectivity index (χ4n) is 3.95. The van der Waals surface area contributed by atoms with Gasteiger partial charge in [-0.1, -0.05) is 0 Å². The first-order valence-electron chi connectivity index (χ1n) is 9.95. The molecule has 3 N–H and O–H groups in total. The molecule has 4 heterocycles. The number of benzene rings is 1. The third kappa shape index (κ3) is 3.78. The number of ether oxygens (including phenoxy) is 1. The summed E-state index contributed by atoms with van der Waals surface area (Å²) in [6.45, 7) is 1.61. The van der Waals surface area contributed by atoms with Gasteiger partial charge in [-0.3, -0.25) is 14.1 Å². The molecule has 1 fully saturated rings. The van der Waals surface area contributed by atoms with Gasteiger partial charge in [0.25, 0.3) is 0 Å². The predicted octanol–water partition coefficient (Wildman–Crippen LogP) is 2.84. The van der Waals surface area contributed by atoms with E-state index in [0.717, 1.165) is 25.9 Å². The maximum Gasteiger partial charge on any atom is 0.335 e. The third-order valence-electron chi connectivity index (χ3n) is 5.41. The highest BCUT2D eigenvalue weighted by molar-refractivity contribution is 5.85. The molecule has 0 amide bonds. The van der Waals surface area contributed by atoms with Crippen LogP contribution in [0.3, 0.4) is 0 Å². The summed E-state index contributed by atoms with van der Waals surface area (Å²) >= 11 is 0. The Kier molecular flexibility index (Phi) is 6.06. The molecule has 11 heteroatoms. The van der Waals surface area contributed by atoms with Gasteiger partial charge >= 0.3 is 5.69 Å². The van der Waals surface area contributed by atoms with Crippen molar-refractivity contribution in [2.24, 2.45) is 0 Å². The summed E-state index contributed by atoms with van der Waals surface area (Å²) in [6.07, 6.45) is 6.02. The Balaban J connectivity index is 0.00000245. The molecule has 0 spiro atoms. The highest BCUT2D eigenvalue weighted by Gasteiger charge is 2.25. The monoisotopic (exact) mass is 457 g/mol. The third-order valence-corrected chi connectivity index (χ3v) is 5.41.